The number of nitrogens with one attached hydrogen (secondary N) is 2. The molecule has 5 nitrogen and oxygen atoms in total. The lowest BCUT2D eigenvalue weighted by Gasteiger charge is -2.05. The minimum atomic E-state index is 0.660. The van der Waals surface area contributed by atoms with Crippen molar-refractivity contribution in [3.05, 3.63) is 18.3 Å². The van der Waals surface area contributed by atoms with Crippen LogP contribution in [0.5, 0.6) is 0 Å². The average Bonchev–Trinajstić information content (AvgIpc) is 2.25. The quantitative estimate of drug-likeness (QED) is 0.357. The number of hydrogen-bond donors (Lipinski definition) is 3. The lowest BCUT2D eigenvalue weighted by atomic mass is 10.4. The second kappa shape index (κ2) is 6.17. The van der Waals surface area contributed by atoms with E-state index in [-0.39, 0.29) is 0 Å². The predicted octanol–water partition coefficient (Wildman–Crippen LogP) is 0.816. The second-order valence-electron chi connectivity index (χ2n) is 2.85. The van der Waals surface area contributed by atoms with E-state index >= 15 is 0 Å². The van der Waals surface area contributed by atoms with E-state index in [0.29, 0.717) is 5.82 Å². The van der Waals surface area contributed by atoms with Gasteiger partial charge in [0, 0.05) is 20.3 Å². The third-order valence-electron chi connectivity index (χ3n) is 1.77. The van der Waals surface area contributed by atoms with Gasteiger partial charge in [-0.05, 0) is 18.6 Å². The van der Waals surface area contributed by atoms with Crippen LogP contribution in [0.3, 0.4) is 0 Å². The molecule has 0 spiro atoms. The number of aromatic nitrogens is 1. The summed E-state index contributed by atoms with van der Waals surface area (Å²) in [6.45, 7) is 1.65. The summed E-state index contributed by atoms with van der Waals surface area (Å²) in [7, 11) is 1.70. The topological polar surface area (TPSA) is 72.2 Å². The number of ether oxygens (including phenoxy) is 1. The van der Waals surface area contributed by atoms with Crippen LogP contribution in [0.25, 0.3) is 0 Å². The summed E-state index contributed by atoms with van der Waals surface area (Å²) in [6, 6.07) is 3.74. The number of anilines is 2. The fourth-order valence-corrected chi connectivity index (χ4v) is 1.03. The highest BCUT2D eigenvalue weighted by molar-refractivity contribution is 5.46. The molecule has 78 valence electrons. The summed E-state index contributed by atoms with van der Waals surface area (Å²) >= 11 is 0. The van der Waals surface area contributed by atoms with E-state index in [1.165, 1.54) is 0 Å². The largest absolute Gasteiger partial charge is 0.385 e. The van der Waals surface area contributed by atoms with Crippen LogP contribution >= 0.6 is 0 Å². The van der Waals surface area contributed by atoms with Crippen LogP contribution in [0.1, 0.15) is 6.42 Å². The standard InChI is InChI=1S/C9H16N4O/c1-14-6-2-5-11-8-3-4-9(13-10)12-7-8/h3-4,7,11H,2,5-6,10H2,1H3,(H,12,13). The van der Waals surface area contributed by atoms with E-state index in [0.717, 1.165) is 25.3 Å². The lowest BCUT2D eigenvalue weighted by molar-refractivity contribution is 0.198. The Balaban J connectivity index is 2.29. The molecule has 1 aromatic heterocycles. The van der Waals surface area contributed by atoms with Crippen molar-refractivity contribution >= 4 is 11.5 Å². The molecule has 5 heteroatoms. The van der Waals surface area contributed by atoms with Crippen molar-refractivity contribution in [1.29, 1.82) is 0 Å². The second-order valence-corrected chi connectivity index (χ2v) is 2.85. The van der Waals surface area contributed by atoms with Crippen molar-refractivity contribution in [2.75, 3.05) is 31.0 Å². The van der Waals surface area contributed by atoms with Gasteiger partial charge in [0.25, 0.3) is 0 Å². The number of hydrogen-bond acceptors (Lipinski definition) is 5. The van der Waals surface area contributed by atoms with Gasteiger partial charge in [0.15, 0.2) is 0 Å². The van der Waals surface area contributed by atoms with Gasteiger partial charge >= 0.3 is 0 Å². The Bertz CT molecular complexity index is 249. The average molecular weight is 196 g/mol. The first-order chi connectivity index (χ1) is 6.86. The van der Waals surface area contributed by atoms with Crippen molar-refractivity contribution in [1.82, 2.24) is 4.98 Å². The molecule has 1 aromatic rings. The Morgan fingerprint density at radius 1 is 1.50 bits per heavy atom. The normalized spacial score (nSPS) is 9.86. The zero-order chi connectivity index (χ0) is 10.2. The molecular formula is C9H16N4O. The molecule has 1 heterocycles. The first-order valence-corrected chi connectivity index (χ1v) is 4.52. The molecule has 0 fully saturated rings. The van der Waals surface area contributed by atoms with E-state index in [9.17, 15) is 0 Å². The summed E-state index contributed by atoms with van der Waals surface area (Å²) in [4.78, 5) is 4.07. The number of nitrogens with zero attached hydrogens (tertiary/aromatic N) is 1. The van der Waals surface area contributed by atoms with Crippen LogP contribution in [0.4, 0.5) is 11.5 Å². The zero-order valence-electron chi connectivity index (χ0n) is 8.29. The van der Waals surface area contributed by atoms with Crippen LogP contribution in [0.15, 0.2) is 18.3 Å². The summed E-state index contributed by atoms with van der Waals surface area (Å²) in [6.07, 6.45) is 2.72. The van der Waals surface area contributed by atoms with Gasteiger partial charge in [0.05, 0.1) is 11.9 Å². The van der Waals surface area contributed by atoms with Crippen molar-refractivity contribution in [2.24, 2.45) is 5.84 Å². The molecule has 0 aliphatic rings. The van der Waals surface area contributed by atoms with Gasteiger partial charge in [-0.25, -0.2) is 10.8 Å². The smallest absolute Gasteiger partial charge is 0.140 e. The summed E-state index contributed by atoms with van der Waals surface area (Å²) in [5.74, 6) is 5.85. The van der Waals surface area contributed by atoms with Crippen LogP contribution in [-0.2, 0) is 4.74 Å². The maximum Gasteiger partial charge on any atom is 0.140 e. The molecule has 0 amide bonds. The monoisotopic (exact) mass is 196 g/mol. The summed E-state index contributed by atoms with van der Waals surface area (Å²) in [5, 5.41) is 3.22. The highest BCUT2D eigenvalue weighted by atomic mass is 16.5. The molecule has 0 atom stereocenters. The van der Waals surface area contributed by atoms with Gasteiger partial charge in [0.1, 0.15) is 5.82 Å². The predicted molar refractivity (Wildman–Crippen MR) is 57.0 cm³/mol. The minimum absolute atomic E-state index is 0.660. The van der Waals surface area contributed by atoms with E-state index in [2.05, 4.69) is 15.7 Å². The third-order valence-corrected chi connectivity index (χ3v) is 1.77. The molecule has 14 heavy (non-hydrogen) atoms. The van der Waals surface area contributed by atoms with E-state index < -0.39 is 0 Å². The Kier molecular flexibility index (Phi) is 4.74. The lowest BCUT2D eigenvalue weighted by Crippen LogP contribution is -2.09. The molecule has 0 aromatic carbocycles. The SMILES string of the molecule is COCCCNc1ccc(NN)nc1. The maximum atomic E-state index is 5.19. The van der Waals surface area contributed by atoms with E-state index in [1.807, 2.05) is 12.1 Å². The molecule has 0 unspecified atom stereocenters. The van der Waals surface area contributed by atoms with Crippen LogP contribution < -0.4 is 16.6 Å². The van der Waals surface area contributed by atoms with Crippen molar-refractivity contribution < 1.29 is 4.74 Å². The minimum Gasteiger partial charge on any atom is -0.385 e. The maximum absolute atomic E-state index is 5.19. The van der Waals surface area contributed by atoms with E-state index in [1.54, 1.807) is 13.3 Å². The molecule has 0 aliphatic heterocycles. The van der Waals surface area contributed by atoms with Crippen LogP contribution in [0.2, 0.25) is 0 Å². The molecule has 0 bridgehead atoms. The Labute approximate surface area is 83.6 Å². The number of methoxy groups -OCH3 is 1. The molecule has 0 saturated carbocycles. The number of rotatable bonds is 6. The molecule has 1 rings (SSSR count). The Morgan fingerprint density at radius 3 is 2.93 bits per heavy atom. The fourth-order valence-electron chi connectivity index (χ4n) is 1.03. The fraction of sp³-hybridized carbons (Fsp3) is 0.444. The molecule has 0 aliphatic carbocycles. The number of pyridine rings is 1. The van der Waals surface area contributed by atoms with Crippen molar-refractivity contribution in [3.63, 3.8) is 0 Å². The van der Waals surface area contributed by atoms with Crippen molar-refractivity contribution in [3.8, 4) is 0 Å². The molecular weight excluding hydrogens is 180 g/mol. The van der Waals surface area contributed by atoms with Gasteiger partial charge in [-0.1, -0.05) is 0 Å². The van der Waals surface area contributed by atoms with E-state index in [4.69, 9.17) is 10.6 Å². The Hall–Kier alpha value is -1.33. The van der Waals surface area contributed by atoms with Gasteiger partial charge in [-0.3, -0.25) is 0 Å². The number of nitrogens with two attached hydrogens (primary N) is 1. The molecule has 0 radical (unpaired) electrons. The highest BCUT2D eigenvalue weighted by Crippen LogP contribution is 2.07. The Morgan fingerprint density at radius 2 is 2.36 bits per heavy atom. The van der Waals surface area contributed by atoms with Crippen molar-refractivity contribution in [2.45, 2.75) is 6.42 Å². The zero-order valence-corrected chi connectivity index (χ0v) is 8.29. The third kappa shape index (κ3) is 3.59. The highest BCUT2D eigenvalue weighted by Gasteiger charge is 1.93. The summed E-state index contributed by atoms with van der Waals surface area (Å²) in [5.41, 5.74) is 3.46. The molecule has 0 saturated heterocycles. The van der Waals surface area contributed by atoms with Gasteiger partial charge in [0.2, 0.25) is 0 Å². The number of nitrogen functional groups attached to an aromatic ring is 1. The first kappa shape index (κ1) is 10.7. The first-order valence-electron chi connectivity index (χ1n) is 4.52. The van der Waals surface area contributed by atoms with Gasteiger partial charge in [-0.15, -0.1) is 0 Å². The molecule has 4 N–H and O–H groups in total. The summed E-state index contributed by atoms with van der Waals surface area (Å²) < 4.78 is 4.93. The van der Waals surface area contributed by atoms with Crippen LogP contribution in [0, 0.1) is 0 Å². The van der Waals surface area contributed by atoms with Gasteiger partial charge < -0.3 is 15.5 Å². The van der Waals surface area contributed by atoms with Crippen LogP contribution in [-0.4, -0.2) is 25.2 Å². The number of hydrazine groups is 1. The van der Waals surface area contributed by atoms with Gasteiger partial charge in [-0.2, -0.15) is 0 Å².